The minimum absolute atomic E-state index is 0.114. The molecule has 6 nitrogen and oxygen atoms in total. The molecule has 2 aromatic heterocycles. The maximum absolute atomic E-state index is 6.30. The molecule has 0 unspecified atom stereocenters. The van der Waals surface area contributed by atoms with Gasteiger partial charge in [0.15, 0.2) is 5.82 Å². The van der Waals surface area contributed by atoms with E-state index < -0.39 is 0 Å². The van der Waals surface area contributed by atoms with Crippen molar-refractivity contribution in [2.45, 2.75) is 77.0 Å². The Labute approximate surface area is 156 Å². The van der Waals surface area contributed by atoms with E-state index in [1.807, 2.05) is 18.2 Å². The van der Waals surface area contributed by atoms with Gasteiger partial charge < -0.3 is 10.5 Å². The van der Waals surface area contributed by atoms with E-state index in [0.717, 1.165) is 69.0 Å². The van der Waals surface area contributed by atoms with Crippen LogP contribution in [0.4, 0.5) is 0 Å². The van der Waals surface area contributed by atoms with Crippen LogP contribution in [0.3, 0.4) is 0 Å². The van der Waals surface area contributed by atoms with Crippen molar-refractivity contribution < 1.29 is 4.74 Å². The molecule has 6 heteroatoms. The lowest BCUT2D eigenvalue weighted by atomic mass is 9.83. The first-order chi connectivity index (χ1) is 12.7. The van der Waals surface area contributed by atoms with E-state index >= 15 is 0 Å². The normalized spacial score (nSPS) is 23.3. The lowest BCUT2D eigenvalue weighted by Crippen LogP contribution is -2.42. The van der Waals surface area contributed by atoms with Crippen LogP contribution >= 0.6 is 0 Å². The fourth-order valence-electron chi connectivity index (χ4n) is 3.58. The summed E-state index contributed by atoms with van der Waals surface area (Å²) in [5.74, 6) is 2.13. The van der Waals surface area contributed by atoms with Crippen molar-refractivity contribution in [3.63, 3.8) is 0 Å². The molecule has 1 fully saturated rings. The van der Waals surface area contributed by atoms with Gasteiger partial charge in [-0.05, 0) is 44.2 Å². The van der Waals surface area contributed by atoms with Gasteiger partial charge in [0, 0.05) is 31.3 Å². The number of aromatic nitrogens is 4. The van der Waals surface area contributed by atoms with E-state index in [-0.39, 0.29) is 12.1 Å². The molecule has 0 spiro atoms. The molecule has 26 heavy (non-hydrogen) atoms. The van der Waals surface area contributed by atoms with E-state index in [4.69, 9.17) is 20.6 Å². The standard InChI is InChI=1S/C20H31N5O/c1-3-5-12-25-20(23-19(24-25)17-8-6-7-11-22-17)15-9-10-16(21)18(14-15)26-13-4-2/h6-8,11,15-16,18H,3-5,9-10,12-14,21H2,1-2H3/t15-,16+,18+/m0/s1. The zero-order chi connectivity index (χ0) is 18.4. The number of hydrogen-bond donors (Lipinski definition) is 1. The zero-order valence-electron chi connectivity index (χ0n) is 16.0. The van der Waals surface area contributed by atoms with Gasteiger partial charge >= 0.3 is 0 Å². The Morgan fingerprint density at radius 1 is 1.23 bits per heavy atom. The van der Waals surface area contributed by atoms with Crippen LogP contribution in [0.1, 0.15) is 64.1 Å². The second-order valence-electron chi connectivity index (χ2n) is 7.17. The number of ether oxygens (including phenoxy) is 1. The van der Waals surface area contributed by atoms with Crippen LogP contribution in [0.25, 0.3) is 11.5 Å². The average molecular weight is 358 g/mol. The Balaban J connectivity index is 1.83. The summed E-state index contributed by atoms with van der Waals surface area (Å²) < 4.78 is 8.10. The summed E-state index contributed by atoms with van der Waals surface area (Å²) in [6, 6.07) is 5.98. The number of nitrogens with zero attached hydrogens (tertiary/aromatic N) is 4. The van der Waals surface area contributed by atoms with E-state index in [1.165, 1.54) is 0 Å². The minimum Gasteiger partial charge on any atom is -0.377 e. The van der Waals surface area contributed by atoms with Gasteiger partial charge in [-0.25, -0.2) is 9.67 Å². The fourth-order valence-corrected chi connectivity index (χ4v) is 3.58. The van der Waals surface area contributed by atoms with Gasteiger partial charge in [-0.1, -0.05) is 26.3 Å². The molecule has 2 aromatic rings. The Morgan fingerprint density at radius 2 is 2.12 bits per heavy atom. The monoisotopic (exact) mass is 357 g/mol. The molecule has 0 radical (unpaired) electrons. The van der Waals surface area contributed by atoms with Crippen LogP contribution in [0.5, 0.6) is 0 Å². The Morgan fingerprint density at radius 3 is 2.85 bits per heavy atom. The van der Waals surface area contributed by atoms with Gasteiger partial charge in [0.05, 0.1) is 6.10 Å². The van der Waals surface area contributed by atoms with Crippen molar-refractivity contribution in [1.82, 2.24) is 19.7 Å². The number of nitrogens with two attached hydrogens (primary N) is 1. The molecule has 1 aliphatic carbocycles. The number of unbranched alkanes of at least 4 members (excludes halogenated alkanes) is 1. The van der Waals surface area contributed by atoms with Gasteiger partial charge in [0.25, 0.3) is 0 Å². The summed E-state index contributed by atoms with van der Waals surface area (Å²) in [5.41, 5.74) is 7.13. The van der Waals surface area contributed by atoms with Crippen molar-refractivity contribution in [3.05, 3.63) is 30.2 Å². The van der Waals surface area contributed by atoms with Crippen molar-refractivity contribution in [2.24, 2.45) is 5.73 Å². The first kappa shape index (κ1) is 19.0. The van der Waals surface area contributed by atoms with E-state index in [9.17, 15) is 0 Å². The van der Waals surface area contributed by atoms with E-state index in [0.29, 0.717) is 5.92 Å². The summed E-state index contributed by atoms with van der Waals surface area (Å²) in [4.78, 5) is 9.30. The fraction of sp³-hybridized carbons (Fsp3) is 0.650. The Kier molecular flexibility index (Phi) is 6.74. The highest BCUT2D eigenvalue weighted by atomic mass is 16.5. The lowest BCUT2D eigenvalue weighted by Gasteiger charge is -2.33. The van der Waals surface area contributed by atoms with Gasteiger partial charge in [-0.3, -0.25) is 4.98 Å². The third kappa shape index (κ3) is 4.48. The third-order valence-corrected chi connectivity index (χ3v) is 5.06. The summed E-state index contributed by atoms with van der Waals surface area (Å²) in [6.07, 6.45) is 8.09. The number of pyridine rings is 1. The van der Waals surface area contributed by atoms with Crippen molar-refractivity contribution in [1.29, 1.82) is 0 Å². The van der Waals surface area contributed by atoms with Gasteiger partial charge in [0.1, 0.15) is 11.5 Å². The summed E-state index contributed by atoms with van der Waals surface area (Å²) in [6.45, 7) is 6.00. The molecule has 3 rings (SSSR count). The lowest BCUT2D eigenvalue weighted by molar-refractivity contribution is 0.00861. The zero-order valence-corrected chi connectivity index (χ0v) is 16.0. The molecule has 0 aliphatic heterocycles. The van der Waals surface area contributed by atoms with Crippen LogP contribution in [0, 0.1) is 0 Å². The van der Waals surface area contributed by atoms with Crippen LogP contribution in [0.2, 0.25) is 0 Å². The van der Waals surface area contributed by atoms with E-state index in [1.54, 1.807) is 6.20 Å². The molecule has 1 saturated carbocycles. The van der Waals surface area contributed by atoms with Gasteiger partial charge in [-0.15, -0.1) is 5.10 Å². The SMILES string of the molecule is CCCCn1nc(-c2ccccn2)nc1[C@H]1CC[C@@H](N)[C@H](OCCC)C1. The largest absolute Gasteiger partial charge is 0.377 e. The maximum atomic E-state index is 6.30. The molecule has 3 atom stereocenters. The number of hydrogen-bond acceptors (Lipinski definition) is 5. The van der Waals surface area contributed by atoms with Crippen molar-refractivity contribution in [3.8, 4) is 11.5 Å². The number of rotatable bonds is 8. The highest BCUT2D eigenvalue weighted by molar-refractivity contribution is 5.47. The second-order valence-corrected chi connectivity index (χ2v) is 7.17. The average Bonchev–Trinajstić information content (AvgIpc) is 3.10. The van der Waals surface area contributed by atoms with Gasteiger partial charge in [0.2, 0.25) is 0 Å². The highest BCUT2D eigenvalue weighted by Crippen LogP contribution is 2.34. The molecule has 0 saturated heterocycles. The van der Waals surface area contributed by atoms with Crippen molar-refractivity contribution >= 4 is 0 Å². The topological polar surface area (TPSA) is 78.9 Å². The van der Waals surface area contributed by atoms with Crippen LogP contribution in [-0.2, 0) is 11.3 Å². The van der Waals surface area contributed by atoms with Crippen molar-refractivity contribution in [2.75, 3.05) is 6.61 Å². The maximum Gasteiger partial charge on any atom is 0.200 e. The number of aryl methyl sites for hydroxylation is 1. The molecular formula is C20H31N5O. The molecule has 142 valence electrons. The summed E-state index contributed by atoms with van der Waals surface area (Å²) in [5, 5.41) is 4.77. The van der Waals surface area contributed by atoms with Crippen LogP contribution < -0.4 is 5.73 Å². The smallest absolute Gasteiger partial charge is 0.200 e. The first-order valence-electron chi connectivity index (χ1n) is 9.96. The Bertz CT molecular complexity index is 672. The van der Waals surface area contributed by atoms with Crippen LogP contribution in [-0.4, -0.2) is 38.5 Å². The molecule has 2 heterocycles. The second kappa shape index (κ2) is 9.24. The molecule has 0 amide bonds. The van der Waals surface area contributed by atoms with Crippen LogP contribution in [0.15, 0.2) is 24.4 Å². The molecule has 0 aromatic carbocycles. The quantitative estimate of drug-likeness (QED) is 0.782. The first-order valence-corrected chi connectivity index (χ1v) is 9.96. The molecular weight excluding hydrogens is 326 g/mol. The minimum atomic E-state index is 0.114. The van der Waals surface area contributed by atoms with Gasteiger partial charge in [-0.2, -0.15) is 0 Å². The highest BCUT2D eigenvalue weighted by Gasteiger charge is 2.32. The molecule has 0 bridgehead atoms. The Hall–Kier alpha value is -1.79. The summed E-state index contributed by atoms with van der Waals surface area (Å²) >= 11 is 0. The molecule has 1 aliphatic rings. The van der Waals surface area contributed by atoms with E-state index in [2.05, 4.69) is 23.5 Å². The predicted molar refractivity (Wildman–Crippen MR) is 103 cm³/mol. The molecule has 2 N–H and O–H groups in total. The third-order valence-electron chi connectivity index (χ3n) is 5.06. The predicted octanol–water partition coefficient (Wildman–Crippen LogP) is 3.53. The summed E-state index contributed by atoms with van der Waals surface area (Å²) in [7, 11) is 0.